The van der Waals surface area contributed by atoms with E-state index in [-0.39, 0.29) is 0 Å². The van der Waals surface area contributed by atoms with Gasteiger partial charge in [0.25, 0.3) is 0 Å². The van der Waals surface area contributed by atoms with Gasteiger partial charge in [0.1, 0.15) is 7.38 Å². The fraction of sp³-hybridized carbons (Fsp3) is 1.00. The highest BCUT2D eigenvalue weighted by molar-refractivity contribution is 7.19. The molecule has 0 aliphatic heterocycles. The summed E-state index contributed by atoms with van der Waals surface area (Å²) in [5, 5.41) is 0. The van der Waals surface area contributed by atoms with Gasteiger partial charge in [0, 0.05) is 0 Å². The average molecular weight is 279 g/mol. The van der Waals surface area contributed by atoms with Crippen LogP contribution in [0.3, 0.4) is 0 Å². The highest BCUT2D eigenvalue weighted by Crippen LogP contribution is 2.31. The second kappa shape index (κ2) is 7.94. The van der Waals surface area contributed by atoms with E-state index < -0.39 is 15.5 Å². The Morgan fingerprint density at radius 1 is 0.750 bits per heavy atom. The summed E-state index contributed by atoms with van der Waals surface area (Å²) in [4.78, 5) is 0. The molecule has 0 fully saturated rings. The average Bonchev–Trinajstić information content (AvgIpc) is 2.20. The highest BCUT2D eigenvalue weighted by Gasteiger charge is 2.29. The van der Waals surface area contributed by atoms with Crippen LogP contribution in [0.1, 0.15) is 39.5 Å². The lowest BCUT2D eigenvalue weighted by atomic mass is 10.4. The molecule has 98 valence electrons. The summed E-state index contributed by atoms with van der Waals surface area (Å²) in [6, 6.07) is 5.89. The van der Waals surface area contributed by atoms with Crippen molar-refractivity contribution in [1.82, 2.24) is 0 Å². The van der Waals surface area contributed by atoms with Gasteiger partial charge in [0.15, 0.2) is 0 Å². The predicted octanol–water partition coefficient (Wildman–Crippen LogP) is 6.11. The van der Waals surface area contributed by atoms with E-state index in [9.17, 15) is 0 Å². The lowest BCUT2D eigenvalue weighted by molar-refractivity contribution is 0.823. The van der Waals surface area contributed by atoms with Crippen molar-refractivity contribution >= 4 is 26.5 Å². The molecule has 0 radical (unpaired) electrons. The molecule has 0 aromatic heterocycles. The molecule has 0 aliphatic carbocycles. The largest absolute Gasteiger partial charge is 0.168 e. The Morgan fingerprint density at radius 2 is 1.19 bits per heavy atom. The van der Waals surface area contributed by atoms with Crippen molar-refractivity contribution in [3.8, 4) is 0 Å². The molecule has 0 spiro atoms. The minimum absolute atomic E-state index is 0.951. The van der Waals surface area contributed by atoms with Crippen molar-refractivity contribution < 1.29 is 0 Å². The van der Waals surface area contributed by atoms with Crippen molar-refractivity contribution in [2.75, 3.05) is 0 Å². The van der Waals surface area contributed by atoms with E-state index in [1.165, 1.54) is 49.9 Å². The molecule has 0 saturated carbocycles. The fourth-order valence-corrected chi connectivity index (χ4v) is 11.0. The van der Waals surface area contributed by atoms with Gasteiger partial charge >= 0.3 is 0 Å². The van der Waals surface area contributed by atoms with Gasteiger partial charge in [-0.15, -0.1) is 0 Å². The van der Waals surface area contributed by atoms with Crippen molar-refractivity contribution in [2.45, 2.75) is 83.3 Å². The van der Waals surface area contributed by atoms with Crippen LogP contribution in [0.25, 0.3) is 0 Å². The zero-order valence-electron chi connectivity index (χ0n) is 12.0. The van der Waals surface area contributed by atoms with E-state index in [1.807, 2.05) is 0 Å². The minimum Gasteiger partial charge on any atom is -0.168 e. The molecule has 0 aliphatic rings. The number of rotatable bonds is 9. The zero-order chi connectivity index (χ0) is 12.7. The van der Waals surface area contributed by atoms with Crippen LogP contribution < -0.4 is 0 Å². The van der Waals surface area contributed by atoms with Crippen molar-refractivity contribution in [1.29, 1.82) is 0 Å². The van der Waals surface area contributed by atoms with Gasteiger partial charge in [-0.2, -0.15) is 11.1 Å². The summed E-state index contributed by atoms with van der Waals surface area (Å²) in [6.07, 6.45) is 5.60. The molecule has 0 unspecified atom stereocenters. The van der Waals surface area contributed by atoms with Gasteiger partial charge in [0.2, 0.25) is 0 Å². The SMILES string of the molecule is CCCC[Si](C)(CCCC)CC[Si](C)(C)Cl. The summed E-state index contributed by atoms with van der Waals surface area (Å²) in [5.74, 6) is 0. The zero-order valence-corrected chi connectivity index (χ0v) is 14.8. The van der Waals surface area contributed by atoms with E-state index in [2.05, 4.69) is 33.5 Å². The van der Waals surface area contributed by atoms with Crippen molar-refractivity contribution in [3.63, 3.8) is 0 Å². The van der Waals surface area contributed by atoms with Gasteiger partial charge in [-0.05, 0) is 6.04 Å². The summed E-state index contributed by atoms with van der Waals surface area (Å²) in [6.45, 7) is 11.8. The van der Waals surface area contributed by atoms with Gasteiger partial charge in [-0.25, -0.2) is 0 Å². The molecule has 0 amide bonds. The second-order valence-corrected chi connectivity index (χ2v) is 18.4. The van der Waals surface area contributed by atoms with Crippen LogP contribution in [0, 0.1) is 0 Å². The summed E-state index contributed by atoms with van der Waals surface area (Å²) < 4.78 is 0. The van der Waals surface area contributed by atoms with E-state index in [1.54, 1.807) is 0 Å². The van der Waals surface area contributed by atoms with Crippen LogP contribution in [0.2, 0.25) is 43.8 Å². The molecule has 3 heteroatoms. The molecule has 0 N–H and O–H groups in total. The number of halogens is 1. The maximum Gasteiger partial charge on any atom is 0.150 e. The van der Waals surface area contributed by atoms with E-state index in [4.69, 9.17) is 11.1 Å². The third-order valence-corrected chi connectivity index (χ3v) is 10.7. The summed E-state index contributed by atoms with van der Waals surface area (Å²) in [7, 11) is -2.29. The maximum atomic E-state index is 6.47. The lowest BCUT2D eigenvalue weighted by Crippen LogP contribution is -2.32. The molecule has 0 rings (SSSR count). The first-order valence-corrected chi connectivity index (χ1v) is 14.4. The monoisotopic (exact) mass is 278 g/mol. The minimum atomic E-state index is -1.34. The van der Waals surface area contributed by atoms with Crippen LogP contribution in [-0.4, -0.2) is 15.5 Å². The Hall–Kier alpha value is 0.724. The van der Waals surface area contributed by atoms with Crippen LogP contribution >= 0.6 is 11.1 Å². The van der Waals surface area contributed by atoms with E-state index in [0.717, 1.165) is 0 Å². The molecule has 0 saturated heterocycles. The summed E-state index contributed by atoms with van der Waals surface area (Å²) >= 11 is 6.47. The Morgan fingerprint density at radius 3 is 1.50 bits per heavy atom. The predicted molar refractivity (Wildman–Crippen MR) is 84.0 cm³/mol. The van der Waals surface area contributed by atoms with Crippen LogP contribution in [-0.2, 0) is 0 Å². The third-order valence-electron chi connectivity index (χ3n) is 3.59. The second-order valence-electron chi connectivity index (χ2n) is 6.24. The molecule has 0 bridgehead atoms. The van der Waals surface area contributed by atoms with Crippen molar-refractivity contribution in [2.24, 2.45) is 0 Å². The fourth-order valence-electron chi connectivity index (χ4n) is 2.18. The molecule has 0 aromatic rings. The first-order valence-electron chi connectivity index (χ1n) is 7.02. The quantitative estimate of drug-likeness (QED) is 0.353. The third kappa shape index (κ3) is 8.83. The normalized spacial score (nSPS) is 13.1. The summed E-state index contributed by atoms with van der Waals surface area (Å²) in [5.41, 5.74) is 0. The maximum absolute atomic E-state index is 6.47. The van der Waals surface area contributed by atoms with E-state index >= 15 is 0 Å². The molecule has 16 heavy (non-hydrogen) atoms. The molecule has 0 aromatic carbocycles. The topological polar surface area (TPSA) is 0 Å². The van der Waals surface area contributed by atoms with Gasteiger partial charge in [-0.3, -0.25) is 0 Å². The van der Waals surface area contributed by atoms with Gasteiger partial charge in [0.05, 0.1) is 8.07 Å². The number of unbranched alkanes of at least 4 members (excludes halogenated alkanes) is 2. The Balaban J connectivity index is 4.17. The standard InChI is InChI=1S/C13H31ClSi2/c1-6-8-10-16(5,11-9-7-2)13-12-15(3,4)14/h6-13H2,1-5H3. The Labute approximate surface area is 110 Å². The Kier molecular flexibility index (Phi) is 8.30. The van der Waals surface area contributed by atoms with Crippen LogP contribution in [0.5, 0.6) is 0 Å². The van der Waals surface area contributed by atoms with E-state index in [0.29, 0.717) is 0 Å². The smallest absolute Gasteiger partial charge is 0.150 e. The molecule has 0 nitrogen and oxygen atoms in total. The molecular formula is C13H31ClSi2. The number of hydrogen-bond donors (Lipinski definition) is 0. The van der Waals surface area contributed by atoms with Gasteiger partial charge < -0.3 is 0 Å². The number of hydrogen-bond acceptors (Lipinski definition) is 0. The highest BCUT2D eigenvalue weighted by atomic mass is 35.6. The van der Waals surface area contributed by atoms with Gasteiger partial charge in [-0.1, -0.05) is 77.3 Å². The first kappa shape index (κ1) is 16.7. The van der Waals surface area contributed by atoms with Crippen LogP contribution in [0.4, 0.5) is 0 Å². The molecule has 0 heterocycles. The first-order chi connectivity index (χ1) is 7.33. The van der Waals surface area contributed by atoms with Crippen molar-refractivity contribution in [3.05, 3.63) is 0 Å². The lowest BCUT2D eigenvalue weighted by Gasteiger charge is -2.29. The molecule has 0 atom stereocenters. The van der Waals surface area contributed by atoms with Crippen LogP contribution in [0.15, 0.2) is 0 Å². The molecular weight excluding hydrogens is 248 g/mol. The Bertz CT molecular complexity index is 167.